The van der Waals surface area contributed by atoms with Crippen molar-refractivity contribution in [2.45, 2.75) is 6.04 Å². The van der Waals surface area contributed by atoms with Crippen LogP contribution >= 0.6 is 0 Å². The fraction of sp³-hybridized carbons (Fsp3) is 0.0909. The number of methoxy groups -OCH3 is 1. The highest BCUT2D eigenvalue weighted by Crippen LogP contribution is 2.51. The Hall–Kier alpha value is -4.20. The van der Waals surface area contributed by atoms with E-state index in [1.165, 1.54) is 7.11 Å². The Bertz CT molecular complexity index is 1230. The van der Waals surface area contributed by atoms with Crippen LogP contribution in [0.4, 0.5) is 11.4 Å². The second-order valence-corrected chi connectivity index (χ2v) is 6.93. The zero-order chi connectivity index (χ0) is 20.7. The lowest BCUT2D eigenvalue weighted by atomic mass is 9.68. The van der Waals surface area contributed by atoms with E-state index in [0.717, 1.165) is 27.9 Å². The van der Waals surface area contributed by atoms with Crippen molar-refractivity contribution in [3.63, 3.8) is 0 Å². The standard InChI is InChI=1S/C22H18N6O2/c1-30-22(29)15-8-5-9-16(23)19(15)24-20-14-11-10-13(12-6-3-2-4-7-12)17(20)18(14)21-25-27-28-26-21/h2-11,20,24H,23H2,1H3,(H,25,26,27,28). The molecule has 3 aromatic rings. The molecule has 1 heterocycles. The number of esters is 1. The molecule has 0 radical (unpaired) electrons. The predicted molar refractivity (Wildman–Crippen MR) is 113 cm³/mol. The van der Waals surface area contributed by atoms with Crippen LogP contribution in [0.25, 0.3) is 11.1 Å². The Morgan fingerprint density at radius 2 is 1.97 bits per heavy atom. The lowest BCUT2D eigenvalue weighted by Crippen LogP contribution is -2.37. The first-order valence-corrected chi connectivity index (χ1v) is 9.38. The average Bonchev–Trinajstić information content (AvgIpc) is 3.31. The zero-order valence-electron chi connectivity index (χ0n) is 16.1. The fourth-order valence-corrected chi connectivity index (χ4v) is 3.95. The number of hydrogen-bond donors (Lipinski definition) is 3. The number of aromatic amines is 1. The van der Waals surface area contributed by atoms with Crippen molar-refractivity contribution in [3.05, 3.63) is 88.8 Å². The summed E-state index contributed by atoms with van der Waals surface area (Å²) in [7, 11) is 1.35. The molecule has 4 N–H and O–H groups in total. The molecule has 0 fully saturated rings. The van der Waals surface area contributed by atoms with Crippen LogP contribution in [0.3, 0.4) is 0 Å². The maximum absolute atomic E-state index is 12.3. The zero-order valence-corrected chi connectivity index (χ0v) is 16.1. The summed E-state index contributed by atoms with van der Waals surface area (Å²) in [4.78, 5) is 12.3. The number of nitrogens with two attached hydrogens (primary N) is 1. The molecular formula is C22H18N6O2. The predicted octanol–water partition coefficient (Wildman–Crippen LogP) is 2.84. The van der Waals surface area contributed by atoms with Crippen molar-refractivity contribution in [2.24, 2.45) is 0 Å². The van der Waals surface area contributed by atoms with Gasteiger partial charge in [-0.05, 0) is 39.6 Å². The van der Waals surface area contributed by atoms with Gasteiger partial charge in [0.05, 0.1) is 30.1 Å². The smallest absolute Gasteiger partial charge is 0.340 e. The third kappa shape index (κ3) is 2.69. The minimum absolute atomic E-state index is 0.174. The van der Waals surface area contributed by atoms with Gasteiger partial charge in [0.2, 0.25) is 5.82 Å². The number of nitrogens with zero attached hydrogens (tertiary/aromatic N) is 3. The van der Waals surface area contributed by atoms with Crippen LogP contribution in [0.1, 0.15) is 21.7 Å². The van der Waals surface area contributed by atoms with Crippen molar-refractivity contribution in [1.29, 1.82) is 0 Å². The number of H-pyrrole nitrogens is 1. The molecule has 2 aliphatic rings. The number of nitrogens with one attached hydrogen (secondary N) is 2. The number of carbonyl (C=O) groups excluding carboxylic acids is 1. The molecule has 148 valence electrons. The Labute approximate surface area is 172 Å². The third-order valence-corrected chi connectivity index (χ3v) is 5.32. The monoisotopic (exact) mass is 398 g/mol. The highest BCUT2D eigenvalue weighted by molar-refractivity contribution is 6.08. The molecule has 0 saturated heterocycles. The van der Waals surface area contributed by atoms with Crippen molar-refractivity contribution < 1.29 is 9.53 Å². The number of ether oxygens (including phenoxy) is 1. The number of benzene rings is 2. The normalized spacial score (nSPS) is 17.0. The summed E-state index contributed by atoms with van der Waals surface area (Å²) < 4.78 is 4.92. The summed E-state index contributed by atoms with van der Waals surface area (Å²) in [5, 5.41) is 18.0. The van der Waals surface area contributed by atoms with Crippen molar-refractivity contribution in [3.8, 4) is 0 Å². The quantitative estimate of drug-likeness (QED) is 0.447. The van der Waals surface area contributed by atoms with Crippen LogP contribution in [0.2, 0.25) is 0 Å². The molecule has 0 aliphatic heterocycles. The Balaban J connectivity index is 1.60. The van der Waals surface area contributed by atoms with E-state index in [4.69, 9.17) is 10.5 Å². The number of aromatic nitrogens is 4. The van der Waals surface area contributed by atoms with Gasteiger partial charge in [-0.25, -0.2) is 4.79 Å². The van der Waals surface area contributed by atoms with Crippen LogP contribution in [0, 0.1) is 0 Å². The minimum atomic E-state index is -0.450. The van der Waals surface area contributed by atoms with E-state index in [1.54, 1.807) is 18.2 Å². The van der Waals surface area contributed by atoms with Gasteiger partial charge < -0.3 is 15.8 Å². The number of tetrazole rings is 1. The number of para-hydroxylation sites is 1. The van der Waals surface area contributed by atoms with Gasteiger partial charge in [-0.3, -0.25) is 0 Å². The van der Waals surface area contributed by atoms with Gasteiger partial charge in [0, 0.05) is 5.57 Å². The second-order valence-electron chi connectivity index (χ2n) is 6.93. The van der Waals surface area contributed by atoms with Gasteiger partial charge in [0.1, 0.15) is 0 Å². The molecule has 0 amide bonds. The van der Waals surface area contributed by atoms with E-state index < -0.39 is 5.97 Å². The summed E-state index contributed by atoms with van der Waals surface area (Å²) in [6.45, 7) is 0. The number of anilines is 2. The van der Waals surface area contributed by atoms with E-state index in [1.807, 2.05) is 24.3 Å². The van der Waals surface area contributed by atoms with Crippen LogP contribution in [-0.2, 0) is 4.74 Å². The lowest BCUT2D eigenvalue weighted by Gasteiger charge is -2.41. The van der Waals surface area contributed by atoms with Gasteiger partial charge in [-0.2, -0.15) is 5.21 Å². The summed E-state index contributed by atoms with van der Waals surface area (Å²) in [5.74, 6) is 0.0829. The first-order valence-electron chi connectivity index (χ1n) is 9.38. The topological polar surface area (TPSA) is 119 Å². The lowest BCUT2D eigenvalue weighted by molar-refractivity contribution is 0.0602. The van der Waals surface area contributed by atoms with Crippen LogP contribution in [0.5, 0.6) is 0 Å². The van der Waals surface area contributed by atoms with Gasteiger partial charge >= 0.3 is 5.97 Å². The maximum Gasteiger partial charge on any atom is 0.340 e. The van der Waals surface area contributed by atoms with Gasteiger partial charge in [-0.15, -0.1) is 10.2 Å². The molecule has 0 spiro atoms. The van der Waals surface area contributed by atoms with E-state index in [-0.39, 0.29) is 6.04 Å². The number of fused-ring (bicyclic) bond motifs is 2. The molecule has 2 aromatic carbocycles. The van der Waals surface area contributed by atoms with E-state index in [9.17, 15) is 4.79 Å². The molecule has 2 aliphatic carbocycles. The van der Waals surface area contributed by atoms with E-state index in [0.29, 0.717) is 22.8 Å². The number of allylic oxidation sites excluding steroid dienone is 2. The molecule has 1 aromatic heterocycles. The molecule has 1 unspecified atom stereocenters. The number of rotatable bonds is 5. The molecule has 30 heavy (non-hydrogen) atoms. The minimum Gasteiger partial charge on any atom is -0.465 e. The van der Waals surface area contributed by atoms with Crippen molar-refractivity contribution in [2.75, 3.05) is 18.2 Å². The Morgan fingerprint density at radius 3 is 2.70 bits per heavy atom. The number of hydrogen-bond acceptors (Lipinski definition) is 7. The van der Waals surface area contributed by atoms with Crippen molar-refractivity contribution >= 4 is 28.5 Å². The summed E-state index contributed by atoms with van der Waals surface area (Å²) in [6, 6.07) is 15.1. The van der Waals surface area contributed by atoms with E-state index in [2.05, 4.69) is 44.1 Å². The molecule has 8 heteroatoms. The van der Waals surface area contributed by atoms with Gasteiger partial charge in [0.25, 0.3) is 0 Å². The summed E-state index contributed by atoms with van der Waals surface area (Å²) in [5.41, 5.74) is 12.7. The first kappa shape index (κ1) is 17.9. The summed E-state index contributed by atoms with van der Waals surface area (Å²) >= 11 is 0. The molecule has 1 atom stereocenters. The molecule has 0 saturated carbocycles. The van der Waals surface area contributed by atoms with Gasteiger partial charge in [0.15, 0.2) is 0 Å². The Kier molecular flexibility index (Phi) is 4.17. The molecule has 2 bridgehead atoms. The highest BCUT2D eigenvalue weighted by Gasteiger charge is 2.42. The maximum atomic E-state index is 12.3. The third-order valence-electron chi connectivity index (χ3n) is 5.32. The number of carbonyl (C=O) groups is 1. The van der Waals surface area contributed by atoms with Gasteiger partial charge in [-0.1, -0.05) is 48.6 Å². The Morgan fingerprint density at radius 1 is 1.13 bits per heavy atom. The van der Waals surface area contributed by atoms with Crippen LogP contribution in [0.15, 0.2) is 71.8 Å². The van der Waals surface area contributed by atoms with E-state index >= 15 is 0 Å². The average molecular weight is 398 g/mol. The molecular weight excluding hydrogens is 380 g/mol. The SMILES string of the molecule is COC(=O)c1cccc(N)c1NC1c2ccc(-c3ccccc3)c1c2-c1nn[nH]n1. The second kappa shape index (κ2) is 7.00. The highest BCUT2D eigenvalue weighted by atomic mass is 16.5. The van der Waals surface area contributed by atoms with Crippen LogP contribution in [-0.4, -0.2) is 39.7 Å². The molecule has 5 rings (SSSR count). The molecule has 8 nitrogen and oxygen atoms in total. The van der Waals surface area contributed by atoms with Crippen LogP contribution < -0.4 is 11.1 Å². The first-order chi connectivity index (χ1) is 14.7. The summed E-state index contributed by atoms with van der Waals surface area (Å²) in [6.07, 6.45) is 4.12. The number of nitrogen functional groups attached to an aromatic ring is 1. The largest absolute Gasteiger partial charge is 0.465 e. The van der Waals surface area contributed by atoms with Crippen molar-refractivity contribution in [1.82, 2.24) is 20.6 Å². The fourth-order valence-electron chi connectivity index (χ4n) is 3.95.